The Kier molecular flexibility index (Phi) is 3.81. The van der Waals surface area contributed by atoms with E-state index in [1.54, 1.807) is 11.6 Å². The first-order chi connectivity index (χ1) is 13.5. The van der Waals surface area contributed by atoms with Crippen molar-refractivity contribution in [2.24, 2.45) is 25.9 Å². The predicted molar refractivity (Wildman–Crippen MR) is 105 cm³/mol. The van der Waals surface area contributed by atoms with E-state index in [-0.39, 0.29) is 41.0 Å². The van der Waals surface area contributed by atoms with Crippen LogP contribution in [0.5, 0.6) is 0 Å². The highest BCUT2D eigenvalue weighted by Gasteiger charge is 2.50. The zero-order valence-corrected chi connectivity index (χ0v) is 16.0. The van der Waals surface area contributed by atoms with Crippen LogP contribution in [0.15, 0.2) is 52.1 Å². The maximum Gasteiger partial charge on any atom is 0.330 e. The van der Waals surface area contributed by atoms with Crippen LogP contribution in [0.1, 0.15) is 29.3 Å². The molecule has 0 amide bonds. The summed E-state index contributed by atoms with van der Waals surface area (Å²) in [6.07, 6.45) is 5.20. The smallest absolute Gasteiger partial charge is 0.300 e. The number of carbonyl (C=O) groups is 1. The number of Topliss-reactive ketones (excluding diaryl/α,β-unsaturated/α-hetero) is 1. The average Bonchev–Trinajstić information content (AvgIpc) is 2.90. The van der Waals surface area contributed by atoms with Crippen LogP contribution in [-0.2, 0) is 31.9 Å². The number of carbonyl (C=O) groups excluding carboxylic acids is 1. The number of aromatic nitrogens is 2. The maximum absolute atomic E-state index is 13.2. The summed E-state index contributed by atoms with van der Waals surface area (Å²) in [5, 5.41) is 0. The fourth-order valence-corrected chi connectivity index (χ4v) is 5.29. The van der Waals surface area contributed by atoms with E-state index in [0.717, 1.165) is 11.3 Å². The lowest BCUT2D eigenvalue weighted by Crippen LogP contribution is -2.51. The van der Waals surface area contributed by atoms with Crippen molar-refractivity contribution < 1.29 is 4.79 Å². The molecule has 6 rings (SSSR count). The minimum Gasteiger partial charge on any atom is -0.300 e. The van der Waals surface area contributed by atoms with Crippen molar-refractivity contribution >= 4 is 5.78 Å². The topological polar surface area (TPSA) is 64.3 Å². The van der Waals surface area contributed by atoms with Gasteiger partial charge in [0.25, 0.3) is 5.56 Å². The molecule has 6 nitrogen and oxygen atoms in total. The molecule has 1 aromatic heterocycles. The van der Waals surface area contributed by atoms with Gasteiger partial charge in [-0.05, 0) is 12.0 Å². The van der Waals surface area contributed by atoms with Gasteiger partial charge in [0, 0.05) is 56.7 Å². The summed E-state index contributed by atoms with van der Waals surface area (Å²) >= 11 is 0. The first-order valence-electron chi connectivity index (χ1n) is 9.77. The third-order valence-corrected chi connectivity index (χ3v) is 6.73. The molecule has 1 saturated heterocycles. The summed E-state index contributed by atoms with van der Waals surface area (Å²) in [6, 6.07) is 9.94. The largest absolute Gasteiger partial charge is 0.330 e. The molecule has 1 fully saturated rings. The van der Waals surface area contributed by atoms with Crippen LogP contribution >= 0.6 is 0 Å². The SMILES string of the molecule is Cn1c2c(c(=O)n(C)c1=O)[C@H]1[C@@H]3C=C[C@@H](CC(=O)[C@@H]3C2)N1Cc1ccccc1. The highest BCUT2D eigenvalue weighted by atomic mass is 16.2. The van der Waals surface area contributed by atoms with Crippen LogP contribution in [0.25, 0.3) is 0 Å². The Hall–Kier alpha value is -2.73. The molecular weight excluding hydrogens is 354 g/mol. The van der Waals surface area contributed by atoms with Crippen molar-refractivity contribution in [1.82, 2.24) is 14.0 Å². The molecule has 4 atom stereocenters. The molecule has 2 aliphatic heterocycles. The fourth-order valence-electron chi connectivity index (χ4n) is 5.29. The molecule has 4 aliphatic rings. The van der Waals surface area contributed by atoms with Crippen molar-refractivity contribution in [3.63, 3.8) is 0 Å². The number of benzene rings is 1. The summed E-state index contributed by atoms with van der Waals surface area (Å²) in [5.74, 6) is 0.0456. The van der Waals surface area contributed by atoms with Gasteiger partial charge in [-0.1, -0.05) is 42.5 Å². The molecular formula is C22H23N3O3. The van der Waals surface area contributed by atoms with E-state index in [2.05, 4.69) is 29.2 Å². The van der Waals surface area contributed by atoms with Crippen molar-refractivity contribution in [3.8, 4) is 0 Å². The molecule has 1 aromatic carbocycles. The summed E-state index contributed by atoms with van der Waals surface area (Å²) in [5.41, 5.74) is 2.01. The maximum atomic E-state index is 13.2. The van der Waals surface area contributed by atoms with Crippen LogP contribution in [0.3, 0.4) is 0 Å². The summed E-state index contributed by atoms with van der Waals surface area (Å²) < 4.78 is 2.76. The third kappa shape index (κ3) is 2.34. The number of fused-ring (bicyclic) bond motifs is 2. The number of rotatable bonds is 2. The van der Waals surface area contributed by atoms with Gasteiger partial charge in [0.05, 0.1) is 5.56 Å². The second kappa shape index (κ2) is 6.14. The minimum absolute atomic E-state index is 0.0207. The Morgan fingerprint density at radius 1 is 0.964 bits per heavy atom. The molecule has 0 radical (unpaired) electrons. The molecule has 28 heavy (non-hydrogen) atoms. The van der Waals surface area contributed by atoms with Gasteiger partial charge in [-0.15, -0.1) is 0 Å². The van der Waals surface area contributed by atoms with Crippen LogP contribution in [0, 0.1) is 11.8 Å². The molecule has 4 bridgehead atoms. The molecule has 6 heteroatoms. The van der Waals surface area contributed by atoms with Gasteiger partial charge in [0.2, 0.25) is 0 Å². The van der Waals surface area contributed by atoms with Crippen molar-refractivity contribution in [1.29, 1.82) is 0 Å². The number of hydrogen-bond acceptors (Lipinski definition) is 4. The molecule has 0 spiro atoms. The van der Waals surface area contributed by atoms with Gasteiger partial charge in [0.15, 0.2) is 0 Å². The van der Waals surface area contributed by atoms with E-state index in [1.165, 1.54) is 11.6 Å². The van der Waals surface area contributed by atoms with Crippen molar-refractivity contribution in [2.75, 3.05) is 0 Å². The molecule has 3 heterocycles. The Labute approximate surface area is 162 Å². The Morgan fingerprint density at radius 3 is 2.46 bits per heavy atom. The predicted octanol–water partition coefficient (Wildman–Crippen LogP) is 1.33. The van der Waals surface area contributed by atoms with E-state index >= 15 is 0 Å². The summed E-state index contributed by atoms with van der Waals surface area (Å²) in [4.78, 5) is 41.0. The van der Waals surface area contributed by atoms with Crippen molar-refractivity contribution in [3.05, 3.63) is 80.1 Å². The van der Waals surface area contributed by atoms with Gasteiger partial charge in [0.1, 0.15) is 5.78 Å². The molecule has 144 valence electrons. The number of hydrogen-bond donors (Lipinski definition) is 0. The van der Waals surface area contributed by atoms with E-state index in [0.29, 0.717) is 24.9 Å². The van der Waals surface area contributed by atoms with E-state index in [4.69, 9.17) is 0 Å². The minimum atomic E-state index is -0.329. The lowest BCUT2D eigenvalue weighted by Gasteiger charge is -2.45. The van der Waals surface area contributed by atoms with E-state index in [1.807, 2.05) is 18.2 Å². The van der Waals surface area contributed by atoms with Gasteiger partial charge in [-0.3, -0.25) is 19.1 Å². The molecule has 0 N–H and O–H groups in total. The van der Waals surface area contributed by atoms with Crippen molar-refractivity contribution in [2.45, 2.75) is 31.5 Å². The van der Waals surface area contributed by atoms with E-state index < -0.39 is 0 Å². The normalized spacial score (nSPS) is 28.3. The van der Waals surface area contributed by atoms with Crippen LogP contribution in [0.4, 0.5) is 0 Å². The Morgan fingerprint density at radius 2 is 1.71 bits per heavy atom. The zero-order chi connectivity index (χ0) is 19.6. The van der Waals surface area contributed by atoms with Gasteiger partial charge in [-0.25, -0.2) is 4.79 Å². The quantitative estimate of drug-likeness (QED) is 0.741. The second-order valence-corrected chi connectivity index (χ2v) is 8.18. The first kappa shape index (κ1) is 17.4. The molecule has 0 saturated carbocycles. The monoisotopic (exact) mass is 377 g/mol. The van der Waals surface area contributed by atoms with Gasteiger partial charge >= 0.3 is 5.69 Å². The highest BCUT2D eigenvalue weighted by molar-refractivity contribution is 5.84. The Balaban J connectivity index is 1.74. The van der Waals surface area contributed by atoms with E-state index in [9.17, 15) is 14.4 Å². The lowest BCUT2D eigenvalue weighted by atomic mass is 9.72. The summed E-state index contributed by atoms with van der Waals surface area (Å²) in [7, 11) is 3.24. The van der Waals surface area contributed by atoms with Crippen LogP contribution < -0.4 is 11.2 Å². The van der Waals surface area contributed by atoms with Gasteiger partial charge in [-0.2, -0.15) is 0 Å². The second-order valence-electron chi connectivity index (χ2n) is 8.18. The number of nitrogens with zero attached hydrogens (tertiary/aromatic N) is 3. The number of ketones is 1. The third-order valence-electron chi connectivity index (χ3n) is 6.73. The average molecular weight is 377 g/mol. The molecule has 2 aliphatic carbocycles. The fraction of sp³-hybridized carbons (Fsp3) is 0.409. The summed E-state index contributed by atoms with van der Waals surface area (Å²) in [6.45, 7) is 0.669. The van der Waals surface area contributed by atoms with Crippen LogP contribution in [-0.4, -0.2) is 25.9 Å². The molecule has 0 unspecified atom stereocenters. The standard InChI is InChI=1S/C22H23N3O3/c1-23-17-11-16-15-9-8-14(10-18(16)26)25(12-13-6-4-3-5-7-13)20(15)19(17)21(27)24(2)22(23)28/h3-9,14-16,20H,10-12H2,1-2H3/t14-,15+,16+,20+/m0/s1. The Bertz CT molecular complexity index is 1110. The lowest BCUT2D eigenvalue weighted by molar-refractivity contribution is -0.123. The molecule has 2 aromatic rings. The van der Waals surface area contributed by atoms with Gasteiger partial charge < -0.3 is 4.57 Å². The highest BCUT2D eigenvalue weighted by Crippen LogP contribution is 2.48. The first-order valence-corrected chi connectivity index (χ1v) is 9.77. The van der Waals surface area contributed by atoms with Crippen LogP contribution in [0.2, 0.25) is 0 Å². The zero-order valence-electron chi connectivity index (χ0n) is 16.0.